The van der Waals surface area contributed by atoms with Crippen LogP contribution in [-0.2, 0) is 38.1 Å². The second-order valence-corrected chi connectivity index (χ2v) is 17.0. The van der Waals surface area contributed by atoms with Crippen LogP contribution in [0.2, 0.25) is 0 Å². The first-order chi connectivity index (χ1) is 28.2. The fourth-order valence-electron chi connectivity index (χ4n) is 6.90. The molecule has 0 amide bonds. The predicted octanol–water partition coefficient (Wildman–Crippen LogP) is 11.5. The van der Waals surface area contributed by atoms with E-state index in [1.807, 2.05) is 63.3 Å². The van der Waals surface area contributed by atoms with Gasteiger partial charge in [0.2, 0.25) is 0 Å². The van der Waals surface area contributed by atoms with Gasteiger partial charge in [-0.3, -0.25) is 14.4 Å². The number of allylic oxidation sites excluding steroid dienone is 20. The van der Waals surface area contributed by atoms with Crippen LogP contribution >= 0.6 is 0 Å². The second kappa shape index (κ2) is 27.4. The Morgan fingerprint density at radius 3 is 1.38 bits per heavy atom. The first-order valence-electron chi connectivity index (χ1n) is 21.0. The topological polar surface area (TPSA) is 105 Å². The highest BCUT2D eigenvalue weighted by Gasteiger charge is 2.40. The fourth-order valence-corrected chi connectivity index (χ4v) is 6.90. The molecule has 8 nitrogen and oxygen atoms in total. The highest BCUT2D eigenvalue weighted by molar-refractivity contribution is 6.02. The van der Waals surface area contributed by atoms with Crippen molar-refractivity contribution in [2.75, 3.05) is 34.5 Å². The third kappa shape index (κ3) is 19.7. The Hall–Kier alpha value is -4.50. The number of ether oxygens (including phenoxy) is 4. The van der Waals surface area contributed by atoms with E-state index in [0.717, 1.165) is 45.4 Å². The lowest BCUT2D eigenvalue weighted by Gasteiger charge is -2.36. The number of carbonyl (C=O) groups excluding carboxylic acids is 4. The van der Waals surface area contributed by atoms with E-state index >= 15 is 0 Å². The molecular formula is C52H74O8. The third-order valence-electron chi connectivity index (χ3n) is 10.4. The minimum absolute atomic E-state index is 0.0774. The molecule has 2 aliphatic rings. The zero-order chi connectivity index (χ0) is 45.5. The quantitative estimate of drug-likeness (QED) is 0.0679. The number of carbonyl (C=O) groups is 4. The van der Waals surface area contributed by atoms with Crippen molar-refractivity contribution < 1.29 is 38.1 Å². The first-order valence-corrected chi connectivity index (χ1v) is 21.0. The van der Waals surface area contributed by atoms with Crippen LogP contribution in [0.3, 0.4) is 0 Å². The average molecular weight is 827 g/mol. The molecule has 2 aliphatic carbocycles. The van der Waals surface area contributed by atoms with Gasteiger partial charge in [0, 0.05) is 53.8 Å². The summed E-state index contributed by atoms with van der Waals surface area (Å²) in [6.07, 6.45) is 31.0. The molecule has 0 aromatic heterocycles. The fraction of sp³-hybridized carbons (Fsp3) is 0.500. The maximum absolute atomic E-state index is 13.1. The lowest BCUT2D eigenvalue weighted by molar-refractivity contribution is -0.156. The standard InChI is InChI=1S/C46H62O6.C6H12O2/c1-32(20-15-22-34(3)25-27-38-36(5)43(48)40(51-12)30-45(38,7)8)18-13-14-19-33(2)21-16-23-35(4)26-28-39-37(6)44(49)41(31-46(39,9)10)52-42(47)24-17-29-50-11;1-6(7)4-3-5-8-2/h13-16,18-23,25-28,40-41H,17,24,29-31H2,1-12H3;3-5H2,1-2H3/b14-13+,20-15+,21-16+,27-25+,28-26+,32-18+,33-19+,34-22+,35-23+;. The molecule has 0 fully saturated rings. The maximum Gasteiger partial charge on any atom is 0.306 e. The van der Waals surface area contributed by atoms with Crippen molar-refractivity contribution in [2.24, 2.45) is 10.8 Å². The van der Waals surface area contributed by atoms with Gasteiger partial charge < -0.3 is 23.7 Å². The summed E-state index contributed by atoms with van der Waals surface area (Å²) in [5, 5.41) is 0. The van der Waals surface area contributed by atoms with Crippen molar-refractivity contribution in [3.8, 4) is 0 Å². The van der Waals surface area contributed by atoms with Crippen LogP contribution in [0, 0.1) is 10.8 Å². The third-order valence-corrected chi connectivity index (χ3v) is 10.4. The monoisotopic (exact) mass is 827 g/mol. The van der Waals surface area contributed by atoms with E-state index in [0.29, 0.717) is 44.5 Å². The Labute approximate surface area is 362 Å². The SMILES string of the molecule is COCCCC(=O)OC1CC(C)(C)C(/C=C/C(C)=C/C=C/C(C)=C/C=C/C=C(C)/C=C/C=C(C)/C=C/C2=C(C)C(=O)C(OC)CC2(C)C)=C(C)C1=O.COCCCC(C)=O. The van der Waals surface area contributed by atoms with Gasteiger partial charge in [-0.05, 0) is 101 Å². The van der Waals surface area contributed by atoms with Gasteiger partial charge in [-0.1, -0.05) is 135 Å². The molecular weight excluding hydrogens is 753 g/mol. The largest absolute Gasteiger partial charge is 0.454 e. The number of esters is 1. The van der Waals surface area contributed by atoms with Gasteiger partial charge >= 0.3 is 5.97 Å². The Morgan fingerprint density at radius 1 is 0.583 bits per heavy atom. The molecule has 0 aliphatic heterocycles. The summed E-state index contributed by atoms with van der Waals surface area (Å²) in [4.78, 5) is 48.2. The van der Waals surface area contributed by atoms with E-state index in [4.69, 9.17) is 18.9 Å². The molecule has 0 aromatic carbocycles. The van der Waals surface area contributed by atoms with Crippen molar-refractivity contribution in [1.29, 1.82) is 0 Å². The summed E-state index contributed by atoms with van der Waals surface area (Å²) in [6.45, 7) is 23.2. The van der Waals surface area contributed by atoms with Gasteiger partial charge in [0.05, 0.1) is 0 Å². The van der Waals surface area contributed by atoms with Crippen molar-refractivity contribution in [2.45, 2.75) is 127 Å². The van der Waals surface area contributed by atoms with Crippen LogP contribution in [0.25, 0.3) is 0 Å². The van der Waals surface area contributed by atoms with Gasteiger partial charge in [0.25, 0.3) is 0 Å². The van der Waals surface area contributed by atoms with Crippen LogP contribution < -0.4 is 0 Å². The van der Waals surface area contributed by atoms with Gasteiger partial charge in [0.1, 0.15) is 11.9 Å². The van der Waals surface area contributed by atoms with E-state index < -0.39 is 6.10 Å². The minimum Gasteiger partial charge on any atom is -0.454 e. The van der Waals surface area contributed by atoms with E-state index in [1.165, 1.54) is 0 Å². The molecule has 0 aromatic rings. The predicted molar refractivity (Wildman–Crippen MR) is 247 cm³/mol. The van der Waals surface area contributed by atoms with Gasteiger partial charge in [-0.25, -0.2) is 0 Å². The highest BCUT2D eigenvalue weighted by Crippen LogP contribution is 2.42. The molecule has 2 atom stereocenters. The lowest BCUT2D eigenvalue weighted by Crippen LogP contribution is -2.39. The van der Waals surface area contributed by atoms with E-state index in [9.17, 15) is 19.2 Å². The number of hydrogen-bond acceptors (Lipinski definition) is 8. The molecule has 0 radical (unpaired) electrons. The van der Waals surface area contributed by atoms with Crippen LogP contribution in [0.4, 0.5) is 0 Å². The Morgan fingerprint density at radius 2 is 0.967 bits per heavy atom. The van der Waals surface area contributed by atoms with E-state index in [-0.39, 0.29) is 46.7 Å². The van der Waals surface area contributed by atoms with Crippen molar-refractivity contribution >= 4 is 23.3 Å². The summed E-state index contributed by atoms with van der Waals surface area (Å²) in [5.74, 6) is -0.170. The van der Waals surface area contributed by atoms with Gasteiger partial charge in [-0.2, -0.15) is 0 Å². The highest BCUT2D eigenvalue weighted by atomic mass is 16.5. The molecule has 2 unspecified atom stereocenters. The average Bonchev–Trinajstić information content (AvgIpc) is 3.17. The molecule has 2 rings (SSSR count). The summed E-state index contributed by atoms with van der Waals surface area (Å²) in [6, 6.07) is 0. The number of rotatable bonds is 20. The number of Topliss-reactive ketones (excluding diaryl/α,β-unsaturated/α-hetero) is 3. The second-order valence-electron chi connectivity index (χ2n) is 17.0. The zero-order valence-corrected chi connectivity index (χ0v) is 39.2. The van der Waals surface area contributed by atoms with Crippen LogP contribution in [0.15, 0.2) is 130 Å². The zero-order valence-electron chi connectivity index (χ0n) is 39.2. The number of ketones is 3. The number of hydrogen-bond donors (Lipinski definition) is 0. The molecule has 8 heteroatoms. The molecule has 0 N–H and O–H groups in total. The van der Waals surface area contributed by atoms with Crippen LogP contribution in [0.5, 0.6) is 0 Å². The Bertz CT molecular complexity index is 1830. The molecule has 0 saturated heterocycles. The normalized spacial score (nSPS) is 20.7. The summed E-state index contributed by atoms with van der Waals surface area (Å²) in [7, 11) is 4.84. The maximum atomic E-state index is 13.1. The van der Waals surface area contributed by atoms with Crippen molar-refractivity contribution in [3.63, 3.8) is 0 Å². The molecule has 330 valence electrons. The lowest BCUT2D eigenvalue weighted by atomic mass is 9.71. The van der Waals surface area contributed by atoms with E-state index in [1.54, 1.807) is 28.3 Å². The van der Waals surface area contributed by atoms with Crippen LogP contribution in [0.1, 0.15) is 115 Å². The van der Waals surface area contributed by atoms with E-state index in [2.05, 4.69) is 91.0 Å². The minimum atomic E-state index is -0.746. The Balaban J connectivity index is 0.00000203. The molecule has 0 saturated carbocycles. The molecule has 0 bridgehead atoms. The molecule has 60 heavy (non-hydrogen) atoms. The first kappa shape index (κ1) is 53.5. The van der Waals surface area contributed by atoms with Crippen molar-refractivity contribution in [1.82, 2.24) is 0 Å². The van der Waals surface area contributed by atoms with Gasteiger partial charge in [0.15, 0.2) is 17.7 Å². The summed E-state index contributed by atoms with van der Waals surface area (Å²) in [5.41, 5.74) is 7.42. The number of methoxy groups -OCH3 is 3. The smallest absolute Gasteiger partial charge is 0.306 e. The summed E-state index contributed by atoms with van der Waals surface area (Å²) < 4.78 is 20.7. The Kier molecular flexibility index (Phi) is 24.4. The van der Waals surface area contributed by atoms with Crippen molar-refractivity contribution in [3.05, 3.63) is 130 Å². The van der Waals surface area contributed by atoms with Crippen LogP contribution in [-0.4, -0.2) is 70.1 Å². The van der Waals surface area contributed by atoms with Gasteiger partial charge in [-0.15, -0.1) is 0 Å². The molecule has 0 spiro atoms. The summed E-state index contributed by atoms with van der Waals surface area (Å²) >= 11 is 0. The molecule has 0 heterocycles.